The number of para-hydroxylation sites is 1. The second-order valence-corrected chi connectivity index (χ2v) is 4.85. The summed E-state index contributed by atoms with van der Waals surface area (Å²) in [6.07, 6.45) is 1.61. The Morgan fingerprint density at radius 1 is 0.917 bits per heavy atom. The number of aromatic nitrogens is 5. The molecule has 0 spiro atoms. The summed E-state index contributed by atoms with van der Waals surface area (Å²) in [5.74, 6) is 2.49. The molecular formula is C16H17N5O3. The minimum atomic E-state index is 0.256. The van der Waals surface area contributed by atoms with Crippen LogP contribution in [0.5, 0.6) is 17.5 Å². The lowest BCUT2D eigenvalue weighted by atomic mass is 10.2. The second kappa shape index (κ2) is 6.53. The molecule has 3 aromatic rings. The van der Waals surface area contributed by atoms with E-state index in [1.54, 1.807) is 26.5 Å². The van der Waals surface area contributed by atoms with Gasteiger partial charge in [-0.2, -0.15) is 4.98 Å². The van der Waals surface area contributed by atoms with Crippen LogP contribution in [-0.4, -0.2) is 46.1 Å². The smallest absolute Gasteiger partial charge is 0.316 e. The van der Waals surface area contributed by atoms with E-state index in [4.69, 9.17) is 14.2 Å². The van der Waals surface area contributed by atoms with Crippen molar-refractivity contribution >= 4 is 0 Å². The molecule has 0 unspecified atom stereocenters. The van der Waals surface area contributed by atoms with Gasteiger partial charge in [-0.3, -0.25) is 4.57 Å². The van der Waals surface area contributed by atoms with Gasteiger partial charge in [0, 0.05) is 6.20 Å². The first-order valence-electron chi connectivity index (χ1n) is 7.20. The number of hydrogen-bond donors (Lipinski definition) is 0. The Labute approximate surface area is 139 Å². The van der Waals surface area contributed by atoms with Gasteiger partial charge in [-0.1, -0.05) is 6.07 Å². The predicted molar refractivity (Wildman–Crippen MR) is 86.8 cm³/mol. The molecule has 2 heterocycles. The molecule has 0 bridgehead atoms. The number of rotatable bonds is 5. The van der Waals surface area contributed by atoms with Crippen LogP contribution in [0.15, 0.2) is 30.5 Å². The van der Waals surface area contributed by atoms with Gasteiger partial charge in [-0.25, -0.2) is 4.98 Å². The molecule has 0 aliphatic carbocycles. The molecule has 0 aliphatic rings. The van der Waals surface area contributed by atoms with Gasteiger partial charge in [-0.15, -0.1) is 10.2 Å². The maximum absolute atomic E-state index is 5.49. The maximum Gasteiger partial charge on any atom is 0.316 e. The SMILES string of the molecule is COc1nccc(-c2nnc(C)n2-c2c(OC)cccc2OC)n1. The second-order valence-electron chi connectivity index (χ2n) is 4.85. The van der Waals surface area contributed by atoms with Crippen molar-refractivity contribution in [3.05, 3.63) is 36.3 Å². The third-order valence-electron chi connectivity index (χ3n) is 3.50. The van der Waals surface area contributed by atoms with E-state index in [1.165, 1.54) is 7.11 Å². The van der Waals surface area contributed by atoms with Crippen molar-refractivity contribution in [1.82, 2.24) is 24.7 Å². The van der Waals surface area contributed by atoms with Crippen molar-refractivity contribution in [2.75, 3.05) is 21.3 Å². The molecule has 1 aromatic carbocycles. The minimum absolute atomic E-state index is 0.256. The van der Waals surface area contributed by atoms with E-state index in [0.29, 0.717) is 34.5 Å². The molecule has 2 aromatic heterocycles. The zero-order valence-electron chi connectivity index (χ0n) is 13.8. The largest absolute Gasteiger partial charge is 0.494 e. The third-order valence-corrected chi connectivity index (χ3v) is 3.50. The number of methoxy groups -OCH3 is 3. The molecule has 0 amide bonds. The van der Waals surface area contributed by atoms with Gasteiger partial charge in [0.25, 0.3) is 0 Å². The Bertz CT molecular complexity index is 840. The number of ether oxygens (including phenoxy) is 3. The Morgan fingerprint density at radius 2 is 1.62 bits per heavy atom. The molecule has 0 atom stereocenters. The normalized spacial score (nSPS) is 10.5. The zero-order valence-corrected chi connectivity index (χ0v) is 13.8. The molecule has 8 nitrogen and oxygen atoms in total. The van der Waals surface area contributed by atoms with Gasteiger partial charge in [0.2, 0.25) is 0 Å². The van der Waals surface area contributed by atoms with E-state index in [1.807, 2.05) is 29.7 Å². The Balaban J connectivity index is 2.26. The molecular weight excluding hydrogens is 310 g/mol. The monoisotopic (exact) mass is 327 g/mol. The number of aryl methyl sites for hydroxylation is 1. The van der Waals surface area contributed by atoms with Gasteiger partial charge in [0.05, 0.1) is 21.3 Å². The fraction of sp³-hybridized carbons (Fsp3) is 0.250. The van der Waals surface area contributed by atoms with Crippen LogP contribution in [0.4, 0.5) is 0 Å². The summed E-state index contributed by atoms with van der Waals surface area (Å²) < 4.78 is 17.9. The highest BCUT2D eigenvalue weighted by atomic mass is 16.5. The summed E-state index contributed by atoms with van der Waals surface area (Å²) in [5, 5.41) is 8.42. The molecule has 0 saturated carbocycles. The summed E-state index contributed by atoms with van der Waals surface area (Å²) in [7, 11) is 4.72. The van der Waals surface area contributed by atoms with Gasteiger partial charge >= 0.3 is 6.01 Å². The van der Waals surface area contributed by atoms with Crippen LogP contribution in [0.1, 0.15) is 5.82 Å². The van der Waals surface area contributed by atoms with Gasteiger partial charge in [0.15, 0.2) is 5.82 Å². The first-order valence-corrected chi connectivity index (χ1v) is 7.20. The van der Waals surface area contributed by atoms with E-state index < -0.39 is 0 Å². The lowest BCUT2D eigenvalue weighted by molar-refractivity contribution is 0.380. The lowest BCUT2D eigenvalue weighted by Gasteiger charge is -2.16. The first-order chi connectivity index (χ1) is 11.7. The highest BCUT2D eigenvalue weighted by molar-refractivity contribution is 5.63. The van der Waals surface area contributed by atoms with Crippen molar-refractivity contribution in [3.8, 4) is 34.7 Å². The third kappa shape index (κ3) is 2.62. The van der Waals surface area contributed by atoms with Crippen LogP contribution in [0.2, 0.25) is 0 Å². The van der Waals surface area contributed by atoms with Crippen molar-refractivity contribution in [2.24, 2.45) is 0 Å². The Hall–Kier alpha value is -3.16. The molecule has 24 heavy (non-hydrogen) atoms. The molecule has 0 fully saturated rings. The quantitative estimate of drug-likeness (QED) is 0.709. The number of hydrogen-bond acceptors (Lipinski definition) is 7. The van der Waals surface area contributed by atoms with Crippen LogP contribution < -0.4 is 14.2 Å². The standard InChI is InChI=1S/C16H17N5O3/c1-10-19-20-15(11-8-9-17-16(18-11)24-4)21(10)14-12(22-2)6-5-7-13(14)23-3/h5-9H,1-4H3. The van der Waals surface area contributed by atoms with Crippen molar-refractivity contribution in [1.29, 1.82) is 0 Å². The molecule has 0 radical (unpaired) electrons. The van der Waals surface area contributed by atoms with Crippen LogP contribution in [0.25, 0.3) is 17.2 Å². The Morgan fingerprint density at radius 3 is 2.25 bits per heavy atom. The highest BCUT2D eigenvalue weighted by Gasteiger charge is 2.21. The Kier molecular flexibility index (Phi) is 4.28. The molecule has 0 aliphatic heterocycles. The van der Waals surface area contributed by atoms with E-state index in [-0.39, 0.29) is 6.01 Å². The van der Waals surface area contributed by atoms with Crippen LogP contribution in [-0.2, 0) is 0 Å². The van der Waals surface area contributed by atoms with E-state index in [0.717, 1.165) is 0 Å². The summed E-state index contributed by atoms with van der Waals surface area (Å²) >= 11 is 0. The predicted octanol–water partition coefficient (Wildman–Crippen LogP) is 2.06. The van der Waals surface area contributed by atoms with E-state index in [2.05, 4.69) is 20.2 Å². The fourth-order valence-corrected chi connectivity index (χ4v) is 2.41. The lowest BCUT2D eigenvalue weighted by Crippen LogP contribution is -2.06. The highest BCUT2D eigenvalue weighted by Crippen LogP contribution is 2.35. The molecule has 3 rings (SSSR count). The van der Waals surface area contributed by atoms with Crippen LogP contribution in [0.3, 0.4) is 0 Å². The molecule has 124 valence electrons. The summed E-state index contributed by atoms with van der Waals surface area (Å²) in [6, 6.07) is 7.55. The van der Waals surface area contributed by atoms with Crippen LogP contribution >= 0.6 is 0 Å². The average molecular weight is 327 g/mol. The van der Waals surface area contributed by atoms with Crippen molar-refractivity contribution in [3.63, 3.8) is 0 Å². The summed E-state index contributed by atoms with van der Waals surface area (Å²) in [6.45, 7) is 1.85. The van der Waals surface area contributed by atoms with Crippen LogP contribution in [0, 0.1) is 6.92 Å². The number of nitrogens with zero attached hydrogens (tertiary/aromatic N) is 5. The summed E-state index contributed by atoms with van der Waals surface area (Å²) in [4.78, 5) is 8.35. The van der Waals surface area contributed by atoms with E-state index in [9.17, 15) is 0 Å². The van der Waals surface area contributed by atoms with Gasteiger partial charge in [0.1, 0.15) is 28.7 Å². The topological polar surface area (TPSA) is 84.2 Å². The fourth-order valence-electron chi connectivity index (χ4n) is 2.41. The maximum atomic E-state index is 5.49. The zero-order chi connectivity index (χ0) is 17.1. The molecule has 0 N–H and O–H groups in total. The van der Waals surface area contributed by atoms with E-state index >= 15 is 0 Å². The van der Waals surface area contributed by atoms with Gasteiger partial charge < -0.3 is 14.2 Å². The van der Waals surface area contributed by atoms with Crippen molar-refractivity contribution < 1.29 is 14.2 Å². The number of benzene rings is 1. The molecule has 8 heteroatoms. The summed E-state index contributed by atoms with van der Waals surface area (Å²) in [5.41, 5.74) is 1.29. The molecule has 0 saturated heterocycles. The van der Waals surface area contributed by atoms with Crippen molar-refractivity contribution in [2.45, 2.75) is 6.92 Å². The van der Waals surface area contributed by atoms with Gasteiger partial charge in [-0.05, 0) is 25.1 Å². The minimum Gasteiger partial charge on any atom is -0.494 e. The first kappa shape index (κ1) is 15.7. The average Bonchev–Trinajstić information content (AvgIpc) is 3.02.